The predicted molar refractivity (Wildman–Crippen MR) is 89.4 cm³/mol. The number of unbranched alkanes of at least 4 members (excludes halogenated alkanes) is 1. The molecule has 1 aliphatic rings. The fraction of sp³-hybridized carbons (Fsp3) is 0.824. The zero-order chi connectivity index (χ0) is 17.3. The topological polar surface area (TPSA) is 60.2 Å². The fourth-order valence-corrected chi connectivity index (χ4v) is 2.92. The molecule has 0 aromatic carbocycles. The first-order valence-electron chi connectivity index (χ1n) is 8.55. The lowest BCUT2D eigenvalue weighted by atomic mass is 9.98. The van der Waals surface area contributed by atoms with E-state index < -0.39 is 5.60 Å². The molecule has 2 rings (SSSR count). The molecule has 0 saturated heterocycles. The molecule has 6 heteroatoms. The molecule has 1 aromatic heterocycles. The molecule has 130 valence electrons. The Bertz CT molecular complexity index is 557. The predicted octanol–water partition coefficient (Wildman–Crippen LogP) is 3.19. The van der Waals surface area contributed by atoms with Crippen LogP contribution in [0.2, 0.25) is 0 Å². The minimum absolute atomic E-state index is 0.253. The van der Waals surface area contributed by atoms with Crippen LogP contribution in [-0.4, -0.2) is 43.4 Å². The Morgan fingerprint density at radius 1 is 1.26 bits per heavy atom. The molecule has 0 atom stereocenters. The van der Waals surface area contributed by atoms with Gasteiger partial charge in [0, 0.05) is 31.5 Å². The van der Waals surface area contributed by atoms with Crippen LogP contribution >= 0.6 is 0 Å². The number of hydrogen-bond acceptors (Lipinski definition) is 4. The van der Waals surface area contributed by atoms with Gasteiger partial charge in [0.05, 0.1) is 0 Å². The summed E-state index contributed by atoms with van der Waals surface area (Å²) < 4.78 is 7.76. The number of hydrogen-bond donors (Lipinski definition) is 0. The Hall–Kier alpha value is -1.59. The summed E-state index contributed by atoms with van der Waals surface area (Å²) in [5.41, 5.74) is -0.827. The summed E-state index contributed by atoms with van der Waals surface area (Å²) >= 11 is 0. The standard InChI is InChI=1S/C17H30N4O2/c1-7-8-9-13-18-19-14-12-17(5,6)21(11-10-20(13)14)15(22)23-16(2,3)4/h7-12H2,1-6H3. The number of rotatable bonds is 3. The van der Waals surface area contributed by atoms with E-state index >= 15 is 0 Å². The highest BCUT2D eigenvalue weighted by atomic mass is 16.6. The van der Waals surface area contributed by atoms with Crippen LogP contribution < -0.4 is 0 Å². The largest absolute Gasteiger partial charge is 0.444 e. The monoisotopic (exact) mass is 322 g/mol. The number of aryl methyl sites for hydroxylation is 1. The van der Waals surface area contributed by atoms with Crippen LogP contribution in [0.4, 0.5) is 4.79 Å². The number of nitrogens with zero attached hydrogens (tertiary/aromatic N) is 4. The second kappa shape index (κ2) is 6.49. The van der Waals surface area contributed by atoms with Crippen molar-refractivity contribution in [3.63, 3.8) is 0 Å². The molecule has 0 N–H and O–H groups in total. The van der Waals surface area contributed by atoms with Crippen molar-refractivity contribution in [3.8, 4) is 0 Å². The molecule has 0 unspecified atom stereocenters. The van der Waals surface area contributed by atoms with Gasteiger partial charge in [-0.15, -0.1) is 10.2 Å². The number of ether oxygens (including phenoxy) is 1. The maximum absolute atomic E-state index is 12.6. The van der Waals surface area contributed by atoms with Crippen LogP contribution in [0.5, 0.6) is 0 Å². The second-order valence-electron chi connectivity index (χ2n) is 7.91. The van der Waals surface area contributed by atoms with Gasteiger partial charge in [-0.05, 0) is 41.0 Å². The van der Waals surface area contributed by atoms with E-state index in [1.807, 2.05) is 25.7 Å². The average molecular weight is 322 g/mol. The molecular weight excluding hydrogens is 292 g/mol. The third kappa shape index (κ3) is 4.24. The number of fused-ring (bicyclic) bond motifs is 1. The lowest BCUT2D eigenvalue weighted by molar-refractivity contribution is 0.00405. The van der Waals surface area contributed by atoms with Crippen molar-refractivity contribution >= 4 is 6.09 Å². The quantitative estimate of drug-likeness (QED) is 0.857. The normalized spacial score (nSPS) is 17.6. The molecule has 1 aromatic rings. The maximum Gasteiger partial charge on any atom is 0.410 e. The Balaban J connectivity index is 2.19. The fourth-order valence-electron chi connectivity index (χ4n) is 2.92. The van der Waals surface area contributed by atoms with Crippen LogP contribution in [0.15, 0.2) is 0 Å². The van der Waals surface area contributed by atoms with Gasteiger partial charge in [0.25, 0.3) is 0 Å². The first kappa shape index (κ1) is 17.8. The van der Waals surface area contributed by atoms with Crippen LogP contribution in [-0.2, 0) is 24.1 Å². The molecule has 2 heterocycles. The number of amides is 1. The van der Waals surface area contributed by atoms with Crippen molar-refractivity contribution < 1.29 is 9.53 Å². The van der Waals surface area contributed by atoms with E-state index in [-0.39, 0.29) is 11.6 Å². The van der Waals surface area contributed by atoms with Gasteiger partial charge in [-0.2, -0.15) is 0 Å². The zero-order valence-electron chi connectivity index (χ0n) is 15.3. The molecule has 0 bridgehead atoms. The first-order valence-corrected chi connectivity index (χ1v) is 8.55. The highest BCUT2D eigenvalue weighted by Gasteiger charge is 2.37. The van der Waals surface area contributed by atoms with Gasteiger partial charge in [-0.25, -0.2) is 4.79 Å². The molecule has 1 aliphatic heterocycles. The maximum atomic E-state index is 12.6. The second-order valence-corrected chi connectivity index (χ2v) is 7.91. The summed E-state index contributed by atoms with van der Waals surface area (Å²) in [5, 5.41) is 8.72. The van der Waals surface area contributed by atoms with Gasteiger partial charge in [0.15, 0.2) is 0 Å². The Morgan fingerprint density at radius 3 is 2.57 bits per heavy atom. The van der Waals surface area contributed by atoms with Gasteiger partial charge in [-0.3, -0.25) is 0 Å². The van der Waals surface area contributed by atoms with E-state index in [1.165, 1.54) is 0 Å². The van der Waals surface area contributed by atoms with Gasteiger partial charge >= 0.3 is 6.09 Å². The van der Waals surface area contributed by atoms with E-state index in [0.717, 1.165) is 37.5 Å². The third-order valence-electron chi connectivity index (χ3n) is 4.14. The summed E-state index contributed by atoms with van der Waals surface area (Å²) in [6, 6.07) is 0. The lowest BCUT2D eigenvalue weighted by Crippen LogP contribution is -2.50. The Labute approximate surface area is 139 Å². The van der Waals surface area contributed by atoms with Crippen LogP contribution in [0.3, 0.4) is 0 Å². The van der Waals surface area contributed by atoms with Gasteiger partial charge in [-0.1, -0.05) is 13.3 Å². The van der Waals surface area contributed by atoms with Crippen LogP contribution in [0.1, 0.15) is 66.0 Å². The van der Waals surface area contributed by atoms with E-state index in [9.17, 15) is 4.79 Å². The van der Waals surface area contributed by atoms with E-state index in [1.54, 1.807) is 0 Å². The number of carbonyl (C=O) groups is 1. The Morgan fingerprint density at radius 2 is 1.96 bits per heavy atom. The number of aromatic nitrogens is 3. The lowest BCUT2D eigenvalue weighted by Gasteiger charge is -2.37. The molecule has 6 nitrogen and oxygen atoms in total. The van der Waals surface area contributed by atoms with Gasteiger partial charge in [0.2, 0.25) is 0 Å². The van der Waals surface area contributed by atoms with E-state index in [2.05, 4.69) is 35.5 Å². The molecule has 0 saturated carbocycles. The van der Waals surface area contributed by atoms with Crippen molar-refractivity contribution in [2.75, 3.05) is 6.54 Å². The first-order chi connectivity index (χ1) is 10.6. The average Bonchev–Trinajstić information content (AvgIpc) is 2.69. The molecule has 0 fully saturated rings. The van der Waals surface area contributed by atoms with Crippen LogP contribution in [0.25, 0.3) is 0 Å². The molecule has 23 heavy (non-hydrogen) atoms. The smallest absolute Gasteiger partial charge is 0.410 e. The van der Waals surface area contributed by atoms with Crippen molar-refractivity contribution in [3.05, 3.63) is 11.6 Å². The van der Waals surface area contributed by atoms with E-state index in [4.69, 9.17) is 4.74 Å². The zero-order valence-corrected chi connectivity index (χ0v) is 15.3. The highest BCUT2D eigenvalue weighted by molar-refractivity contribution is 5.69. The van der Waals surface area contributed by atoms with Crippen molar-refractivity contribution in [2.24, 2.45) is 0 Å². The summed E-state index contributed by atoms with van der Waals surface area (Å²) in [4.78, 5) is 14.4. The van der Waals surface area contributed by atoms with Crippen molar-refractivity contribution in [2.45, 2.75) is 84.9 Å². The SMILES string of the molecule is CCCCc1nnc2n1CCN(C(=O)OC(C)(C)C)C(C)(C)C2. The molecule has 1 amide bonds. The molecule has 0 spiro atoms. The molecule has 0 aliphatic carbocycles. The van der Waals surface area contributed by atoms with Crippen LogP contribution in [0, 0.1) is 0 Å². The van der Waals surface area contributed by atoms with Crippen molar-refractivity contribution in [1.29, 1.82) is 0 Å². The van der Waals surface area contributed by atoms with Gasteiger partial charge in [0.1, 0.15) is 17.2 Å². The van der Waals surface area contributed by atoms with Gasteiger partial charge < -0.3 is 14.2 Å². The molecular formula is C17H30N4O2. The van der Waals surface area contributed by atoms with Crippen molar-refractivity contribution in [1.82, 2.24) is 19.7 Å². The number of carbonyl (C=O) groups excluding carboxylic acids is 1. The third-order valence-corrected chi connectivity index (χ3v) is 4.14. The summed E-state index contributed by atoms with van der Waals surface area (Å²) in [5.74, 6) is 2.00. The summed E-state index contributed by atoms with van der Waals surface area (Å²) in [6.45, 7) is 13.3. The summed E-state index contributed by atoms with van der Waals surface area (Å²) in [7, 11) is 0. The minimum atomic E-state index is -0.485. The minimum Gasteiger partial charge on any atom is -0.444 e. The van der Waals surface area contributed by atoms with E-state index in [0.29, 0.717) is 13.0 Å². The molecule has 0 radical (unpaired) electrons. The summed E-state index contributed by atoms with van der Waals surface area (Å²) in [6.07, 6.45) is 3.62. The highest BCUT2D eigenvalue weighted by Crippen LogP contribution is 2.26. The Kier molecular flexibility index (Phi) is 5.01.